The molecule has 198 valence electrons. The first-order valence-electron chi connectivity index (χ1n) is 13.9. The van der Waals surface area contributed by atoms with Gasteiger partial charge in [0.1, 0.15) is 0 Å². The molecule has 3 aromatic rings. The lowest BCUT2D eigenvalue weighted by Crippen LogP contribution is -1.67. The normalized spacial score (nSPS) is 10.4. The number of fused-ring (bicyclic) bond motifs is 1. The zero-order chi connectivity index (χ0) is 27.7. The first kappa shape index (κ1) is 37.4. The summed E-state index contributed by atoms with van der Waals surface area (Å²) in [4.78, 5) is 0. The molecule has 0 nitrogen and oxygen atoms in total. The minimum atomic E-state index is 1.14. The van der Waals surface area contributed by atoms with E-state index in [-0.39, 0.29) is 0 Å². The predicted octanol–water partition coefficient (Wildman–Crippen LogP) is 12.3. The Hall–Kier alpha value is -3.12. The smallest absolute Gasteiger partial charge is 0.0163 e. The van der Waals surface area contributed by atoms with Gasteiger partial charge in [-0.25, -0.2) is 0 Å². The molecule has 0 atom stereocenters. The number of allylic oxidation sites excluding steroid dienone is 8. The minimum Gasteiger partial charge on any atom is -0.0808 e. The number of benzene rings is 3. The lowest BCUT2D eigenvalue weighted by molar-refractivity contribution is 1.09. The fourth-order valence-electron chi connectivity index (χ4n) is 2.45. The molecule has 2 aliphatic rings. The lowest BCUT2D eigenvalue weighted by Gasteiger charge is -1.92. The van der Waals surface area contributed by atoms with E-state index < -0.39 is 0 Å². The van der Waals surface area contributed by atoms with E-state index >= 15 is 0 Å². The molecule has 0 heteroatoms. The van der Waals surface area contributed by atoms with Gasteiger partial charge >= 0.3 is 0 Å². The molecular weight excluding hydrogens is 432 g/mol. The second kappa shape index (κ2) is 34.0. The summed E-state index contributed by atoms with van der Waals surface area (Å²) < 4.78 is 0. The first-order chi connectivity index (χ1) is 17.8. The molecule has 0 N–H and O–H groups in total. The Kier molecular flexibility index (Phi) is 35.4. The topological polar surface area (TPSA) is 0 Å². The Morgan fingerprint density at radius 2 is 0.694 bits per heavy atom. The van der Waals surface area contributed by atoms with Gasteiger partial charge in [0.05, 0.1) is 0 Å². The molecule has 0 bridgehead atoms. The van der Waals surface area contributed by atoms with Crippen LogP contribution >= 0.6 is 0 Å². The third-order valence-corrected chi connectivity index (χ3v) is 3.91. The maximum Gasteiger partial charge on any atom is -0.0163 e. The fourth-order valence-corrected chi connectivity index (χ4v) is 2.45. The van der Waals surface area contributed by atoms with Gasteiger partial charge in [-0.2, -0.15) is 0 Å². The second-order valence-electron chi connectivity index (χ2n) is 6.89. The van der Waals surface area contributed by atoms with Crippen LogP contribution in [0.15, 0.2) is 127 Å². The van der Waals surface area contributed by atoms with Gasteiger partial charge in [-0.3, -0.25) is 0 Å². The highest BCUT2D eigenvalue weighted by atomic mass is 13.9. The van der Waals surface area contributed by atoms with Gasteiger partial charge < -0.3 is 0 Å². The molecule has 0 aliphatic heterocycles. The van der Waals surface area contributed by atoms with Gasteiger partial charge in [0, 0.05) is 0 Å². The molecule has 36 heavy (non-hydrogen) atoms. The maximum absolute atomic E-state index is 2.12. The van der Waals surface area contributed by atoms with Crippen LogP contribution in [-0.4, -0.2) is 0 Å². The molecule has 5 rings (SSSR count). The molecule has 0 aromatic heterocycles. The number of rotatable bonds is 0. The van der Waals surface area contributed by atoms with Crippen LogP contribution in [0.2, 0.25) is 0 Å². The van der Waals surface area contributed by atoms with Gasteiger partial charge in [-0.1, -0.05) is 195 Å². The third kappa shape index (κ3) is 25.5. The van der Waals surface area contributed by atoms with Crippen LogP contribution in [0.25, 0.3) is 10.8 Å². The van der Waals surface area contributed by atoms with Crippen molar-refractivity contribution in [2.75, 3.05) is 0 Å². The summed E-state index contributed by atoms with van der Waals surface area (Å²) in [5.74, 6) is 0. The van der Waals surface area contributed by atoms with Crippen molar-refractivity contribution in [1.82, 2.24) is 0 Å². The number of hydrogen-bond donors (Lipinski definition) is 0. The molecule has 3 aromatic carbocycles. The van der Waals surface area contributed by atoms with Crippen molar-refractivity contribution in [3.05, 3.63) is 133 Å². The lowest BCUT2D eigenvalue weighted by atomic mass is 10.1. The van der Waals surface area contributed by atoms with Crippen LogP contribution in [0, 0.1) is 6.92 Å². The van der Waals surface area contributed by atoms with Crippen LogP contribution in [-0.2, 0) is 0 Å². The van der Waals surface area contributed by atoms with E-state index in [2.05, 4.69) is 130 Å². The highest BCUT2D eigenvalue weighted by molar-refractivity contribution is 5.82. The van der Waals surface area contributed by atoms with Gasteiger partial charge in [-0.05, 0) is 30.5 Å². The number of hydrogen-bond acceptors (Lipinski definition) is 0. The van der Waals surface area contributed by atoms with Crippen LogP contribution in [0.4, 0.5) is 0 Å². The van der Waals surface area contributed by atoms with Gasteiger partial charge in [0.2, 0.25) is 0 Å². The van der Waals surface area contributed by atoms with Crippen molar-refractivity contribution in [2.24, 2.45) is 0 Å². The zero-order valence-corrected chi connectivity index (χ0v) is 24.7. The van der Waals surface area contributed by atoms with Crippen LogP contribution < -0.4 is 0 Å². The number of aryl methyl sites for hydroxylation is 1. The molecule has 0 amide bonds. The van der Waals surface area contributed by atoms with Gasteiger partial charge in [0.25, 0.3) is 0 Å². The van der Waals surface area contributed by atoms with E-state index in [9.17, 15) is 0 Å². The van der Waals surface area contributed by atoms with Gasteiger partial charge in [-0.15, -0.1) is 0 Å². The monoisotopic (exact) mass is 486 g/mol. The highest BCUT2D eigenvalue weighted by Crippen LogP contribution is 2.11. The van der Waals surface area contributed by atoms with Crippen molar-refractivity contribution >= 4 is 10.8 Å². The van der Waals surface area contributed by atoms with E-state index in [1.807, 2.05) is 59.7 Å². The Morgan fingerprint density at radius 1 is 0.444 bits per heavy atom. The van der Waals surface area contributed by atoms with Crippen molar-refractivity contribution < 1.29 is 0 Å². The largest absolute Gasteiger partial charge is 0.0808 e. The standard InChI is InChI=1S/C10H8.C7H8.2C5H6.C3H8.3C2H6/c1-2-6-10-8-4-3-7-9(10)5-1;1-7-5-3-2-4-6-7;2*1-2-4-5-3-1;1-3-2;3*1-2/h1-8H;2-6H,1H3;2*1-4H,5H2;3H2,1-2H3;3*1-2H3. The van der Waals surface area contributed by atoms with Crippen LogP contribution in [0.1, 0.15) is 80.2 Å². The quantitative estimate of drug-likeness (QED) is 0.296. The van der Waals surface area contributed by atoms with E-state index in [4.69, 9.17) is 0 Å². The molecule has 0 radical (unpaired) electrons. The van der Waals surface area contributed by atoms with Crippen molar-refractivity contribution in [2.45, 2.75) is 81.6 Å². The Morgan fingerprint density at radius 3 is 0.861 bits per heavy atom. The molecule has 0 unspecified atom stereocenters. The van der Waals surface area contributed by atoms with E-state index in [1.54, 1.807) is 0 Å². The molecule has 0 saturated heterocycles. The third-order valence-electron chi connectivity index (χ3n) is 3.91. The average Bonchev–Trinajstić information content (AvgIpc) is 3.74. The summed E-state index contributed by atoms with van der Waals surface area (Å²) in [6, 6.07) is 27.0. The summed E-state index contributed by atoms with van der Waals surface area (Å²) in [6.45, 7) is 18.3. The van der Waals surface area contributed by atoms with Crippen molar-refractivity contribution in [3.63, 3.8) is 0 Å². The van der Waals surface area contributed by atoms with Crippen LogP contribution in [0.5, 0.6) is 0 Å². The predicted molar refractivity (Wildman–Crippen MR) is 171 cm³/mol. The van der Waals surface area contributed by atoms with E-state index in [0.717, 1.165) is 12.8 Å². The summed E-state index contributed by atoms with van der Waals surface area (Å²) in [5.41, 5.74) is 1.32. The molecule has 0 fully saturated rings. The Balaban J connectivity index is -0.000000375. The molecule has 2 aliphatic carbocycles. The summed E-state index contributed by atoms with van der Waals surface area (Å²) in [6.07, 6.45) is 20.2. The molecule has 0 spiro atoms. The summed E-state index contributed by atoms with van der Waals surface area (Å²) in [5, 5.41) is 2.62. The second-order valence-corrected chi connectivity index (χ2v) is 6.89. The molecule has 0 saturated carbocycles. The highest BCUT2D eigenvalue weighted by Gasteiger charge is 1.85. The Labute approximate surface area is 225 Å². The van der Waals surface area contributed by atoms with Gasteiger partial charge in [0.15, 0.2) is 0 Å². The average molecular weight is 487 g/mol. The fraction of sp³-hybridized carbons (Fsp3) is 0.333. The first-order valence-corrected chi connectivity index (χ1v) is 13.9. The van der Waals surface area contributed by atoms with Crippen LogP contribution in [0.3, 0.4) is 0 Å². The summed E-state index contributed by atoms with van der Waals surface area (Å²) in [7, 11) is 0. The maximum atomic E-state index is 2.12. The SMILES string of the molecule is C1=CCC=C1.C1=CCC=C1.CC.CC.CC.CCC.Cc1ccccc1.c1ccc2ccccc2c1. The van der Waals surface area contributed by atoms with E-state index in [0.29, 0.717) is 0 Å². The van der Waals surface area contributed by atoms with E-state index in [1.165, 1.54) is 22.8 Å². The van der Waals surface area contributed by atoms with Crippen molar-refractivity contribution in [3.8, 4) is 0 Å². The molecule has 0 heterocycles. The Bertz CT molecular complexity index is 788. The molecular formula is C36H54. The zero-order valence-electron chi connectivity index (χ0n) is 24.7. The minimum absolute atomic E-state index is 1.14. The van der Waals surface area contributed by atoms with Crippen molar-refractivity contribution in [1.29, 1.82) is 0 Å². The summed E-state index contributed by atoms with van der Waals surface area (Å²) >= 11 is 0.